The molecule has 1 fully saturated rings. The molecule has 0 spiro atoms. The predicted octanol–water partition coefficient (Wildman–Crippen LogP) is 4.15. The molecule has 0 radical (unpaired) electrons. The van der Waals surface area contributed by atoms with Gasteiger partial charge in [-0.2, -0.15) is 0 Å². The van der Waals surface area contributed by atoms with Gasteiger partial charge in [0.1, 0.15) is 17.2 Å². The number of ether oxygens (including phenoxy) is 3. The van der Waals surface area contributed by atoms with Crippen LogP contribution in [0.5, 0.6) is 11.5 Å². The van der Waals surface area contributed by atoms with E-state index in [0.717, 1.165) is 30.9 Å². The van der Waals surface area contributed by atoms with Crippen molar-refractivity contribution in [2.75, 3.05) is 43.3 Å². The molecule has 0 aliphatic carbocycles. The Morgan fingerprint density at radius 3 is 2.34 bits per heavy atom. The van der Waals surface area contributed by atoms with Crippen LogP contribution in [-0.2, 0) is 11.3 Å². The van der Waals surface area contributed by atoms with E-state index < -0.39 is 23.0 Å². The first-order valence-electron chi connectivity index (χ1n) is 12.1. The minimum Gasteiger partial charge on any atom is -0.454 e. The number of rotatable bonds is 5. The van der Waals surface area contributed by atoms with Crippen LogP contribution in [0.2, 0.25) is 0 Å². The lowest BCUT2D eigenvalue weighted by molar-refractivity contribution is 0.102. The fourth-order valence-electron chi connectivity index (χ4n) is 4.70. The maximum atomic E-state index is 14.5. The van der Waals surface area contributed by atoms with Gasteiger partial charge in [-0.25, -0.2) is 8.78 Å². The van der Waals surface area contributed by atoms with Crippen molar-refractivity contribution < 1.29 is 27.8 Å². The van der Waals surface area contributed by atoms with Crippen molar-refractivity contribution >= 4 is 28.2 Å². The summed E-state index contributed by atoms with van der Waals surface area (Å²) >= 11 is 0. The molecule has 8 nitrogen and oxygen atoms in total. The Bertz CT molecular complexity index is 1580. The largest absolute Gasteiger partial charge is 0.454 e. The maximum absolute atomic E-state index is 14.5. The molecule has 3 aromatic carbocycles. The number of fused-ring (bicyclic) bond motifs is 2. The molecule has 0 saturated carbocycles. The van der Waals surface area contributed by atoms with Crippen LogP contribution in [0.1, 0.15) is 15.9 Å². The first kappa shape index (κ1) is 23.9. The lowest BCUT2D eigenvalue weighted by Crippen LogP contribution is -2.36. The Balaban J connectivity index is 1.37. The first-order valence-corrected chi connectivity index (χ1v) is 12.1. The second kappa shape index (κ2) is 9.79. The monoisotopic (exact) mass is 519 g/mol. The predicted molar refractivity (Wildman–Crippen MR) is 137 cm³/mol. The van der Waals surface area contributed by atoms with Gasteiger partial charge in [-0.05, 0) is 42.5 Å². The van der Waals surface area contributed by atoms with E-state index in [4.69, 9.17) is 14.2 Å². The normalized spacial score (nSPS) is 14.6. The highest BCUT2D eigenvalue weighted by Crippen LogP contribution is 2.35. The van der Waals surface area contributed by atoms with Gasteiger partial charge in [0.15, 0.2) is 11.5 Å². The van der Waals surface area contributed by atoms with Crippen molar-refractivity contribution in [1.29, 1.82) is 0 Å². The first-order chi connectivity index (χ1) is 18.5. The van der Waals surface area contributed by atoms with Gasteiger partial charge in [-0.3, -0.25) is 9.59 Å². The number of anilines is 2. The van der Waals surface area contributed by atoms with Gasteiger partial charge in [0.25, 0.3) is 5.91 Å². The maximum Gasteiger partial charge on any atom is 0.261 e. The van der Waals surface area contributed by atoms with E-state index in [-0.39, 0.29) is 29.9 Å². The number of hydrogen-bond acceptors (Lipinski definition) is 6. The highest BCUT2D eigenvalue weighted by molar-refractivity contribution is 6.06. The zero-order chi connectivity index (χ0) is 26.2. The van der Waals surface area contributed by atoms with Crippen LogP contribution in [0.4, 0.5) is 20.2 Å². The van der Waals surface area contributed by atoms with Crippen molar-refractivity contribution in [3.05, 3.63) is 93.8 Å². The van der Waals surface area contributed by atoms with Crippen LogP contribution in [-0.4, -0.2) is 43.6 Å². The van der Waals surface area contributed by atoms with Crippen LogP contribution in [0.3, 0.4) is 0 Å². The molecule has 2 aliphatic rings. The number of carbonyl (C=O) groups excluding carboxylic acids is 1. The van der Waals surface area contributed by atoms with E-state index in [0.29, 0.717) is 35.9 Å². The lowest BCUT2D eigenvalue weighted by Gasteiger charge is -2.28. The summed E-state index contributed by atoms with van der Waals surface area (Å²) in [6, 6.07) is 14.0. The van der Waals surface area contributed by atoms with Gasteiger partial charge in [0.05, 0.1) is 30.7 Å². The summed E-state index contributed by atoms with van der Waals surface area (Å²) in [5, 5.41) is 2.93. The van der Waals surface area contributed by atoms with Gasteiger partial charge >= 0.3 is 0 Å². The summed E-state index contributed by atoms with van der Waals surface area (Å²) < 4.78 is 46.7. The molecule has 4 aromatic rings. The average Bonchev–Trinajstić information content (AvgIpc) is 3.40. The summed E-state index contributed by atoms with van der Waals surface area (Å²) in [5.41, 5.74) is 0.955. The Hall–Kier alpha value is -4.44. The number of amides is 1. The molecule has 1 saturated heterocycles. The summed E-state index contributed by atoms with van der Waals surface area (Å²) in [6.45, 7) is 2.61. The zero-order valence-corrected chi connectivity index (χ0v) is 20.2. The molecule has 38 heavy (non-hydrogen) atoms. The lowest BCUT2D eigenvalue weighted by atomic mass is 10.1. The molecule has 194 valence electrons. The Morgan fingerprint density at radius 1 is 0.947 bits per heavy atom. The molecule has 10 heteroatoms. The molecule has 6 rings (SSSR count). The van der Waals surface area contributed by atoms with Gasteiger partial charge in [0.2, 0.25) is 12.2 Å². The highest BCUT2D eigenvalue weighted by Gasteiger charge is 2.22. The number of pyridine rings is 1. The summed E-state index contributed by atoms with van der Waals surface area (Å²) in [4.78, 5) is 28.9. The van der Waals surface area contributed by atoms with Crippen molar-refractivity contribution in [3.8, 4) is 11.5 Å². The number of nitrogens with one attached hydrogen (secondary N) is 1. The van der Waals surface area contributed by atoms with Crippen molar-refractivity contribution in [1.82, 2.24) is 4.57 Å². The van der Waals surface area contributed by atoms with Crippen LogP contribution in [0, 0.1) is 11.6 Å². The average molecular weight is 520 g/mol. The minimum atomic E-state index is -0.732. The van der Waals surface area contributed by atoms with Crippen LogP contribution in [0.15, 0.2) is 65.6 Å². The Kier molecular flexibility index (Phi) is 6.16. The third kappa shape index (κ3) is 4.43. The van der Waals surface area contributed by atoms with Gasteiger partial charge < -0.3 is 29.0 Å². The molecule has 1 aromatic heterocycles. The van der Waals surface area contributed by atoms with Crippen LogP contribution in [0.25, 0.3) is 10.9 Å². The Labute approximate surface area is 216 Å². The standard InChI is InChI=1S/C28H23F2N3O5/c29-22-2-1-3-23(30)20(22)14-33-15-21(27(34)19-12-25-26(13-24(19)33)38-16-37-25)28(35)31-17-4-6-18(7-5-17)32-8-10-36-11-9-32/h1-7,12-13,15H,8-11,14,16H2,(H,31,35). The highest BCUT2D eigenvalue weighted by atomic mass is 19.1. The molecule has 2 aliphatic heterocycles. The number of nitrogens with zero attached hydrogens (tertiary/aromatic N) is 2. The molecular weight excluding hydrogens is 496 g/mol. The SMILES string of the molecule is O=C(Nc1ccc(N2CCOCC2)cc1)c1cn(Cc2c(F)cccc2F)c2cc3c(cc2c1=O)OCO3. The van der Waals surface area contributed by atoms with E-state index >= 15 is 0 Å². The van der Waals surface area contributed by atoms with Crippen LogP contribution < -0.4 is 25.1 Å². The number of aromatic nitrogens is 1. The molecule has 0 atom stereocenters. The third-order valence-electron chi connectivity index (χ3n) is 6.71. The number of morpholine rings is 1. The van der Waals surface area contributed by atoms with Gasteiger partial charge in [0, 0.05) is 42.3 Å². The number of carbonyl (C=O) groups is 1. The summed E-state index contributed by atoms with van der Waals surface area (Å²) in [7, 11) is 0. The second-order valence-corrected chi connectivity index (χ2v) is 9.02. The topological polar surface area (TPSA) is 82.0 Å². The van der Waals surface area contributed by atoms with E-state index in [9.17, 15) is 18.4 Å². The molecule has 0 bridgehead atoms. The smallest absolute Gasteiger partial charge is 0.261 e. The number of benzene rings is 3. The van der Waals surface area contributed by atoms with Crippen LogP contribution >= 0.6 is 0 Å². The minimum absolute atomic E-state index is 0.0183. The molecule has 1 amide bonds. The fraction of sp³-hybridized carbons (Fsp3) is 0.214. The van der Waals surface area contributed by atoms with E-state index in [1.54, 1.807) is 18.2 Å². The van der Waals surface area contributed by atoms with Crippen molar-refractivity contribution in [3.63, 3.8) is 0 Å². The van der Waals surface area contributed by atoms with Crippen molar-refractivity contribution in [2.24, 2.45) is 0 Å². The molecule has 0 unspecified atom stereocenters. The second-order valence-electron chi connectivity index (χ2n) is 9.02. The molecule has 3 heterocycles. The quantitative estimate of drug-likeness (QED) is 0.427. The van der Waals surface area contributed by atoms with Gasteiger partial charge in [-0.1, -0.05) is 6.07 Å². The zero-order valence-electron chi connectivity index (χ0n) is 20.2. The van der Waals surface area contributed by atoms with E-state index in [1.807, 2.05) is 12.1 Å². The fourth-order valence-corrected chi connectivity index (χ4v) is 4.70. The van der Waals surface area contributed by atoms with Gasteiger partial charge in [-0.15, -0.1) is 0 Å². The number of halogens is 2. The van der Waals surface area contributed by atoms with E-state index in [1.165, 1.54) is 22.9 Å². The van der Waals surface area contributed by atoms with E-state index in [2.05, 4.69) is 10.2 Å². The number of hydrogen-bond donors (Lipinski definition) is 1. The summed E-state index contributed by atoms with van der Waals surface area (Å²) in [5.74, 6) is -1.35. The third-order valence-corrected chi connectivity index (χ3v) is 6.71. The summed E-state index contributed by atoms with van der Waals surface area (Å²) in [6.07, 6.45) is 1.32. The molecule has 1 N–H and O–H groups in total. The molecular formula is C28H23F2N3O5. The Morgan fingerprint density at radius 2 is 1.63 bits per heavy atom. The van der Waals surface area contributed by atoms with Crippen molar-refractivity contribution in [2.45, 2.75) is 6.54 Å².